The average molecular weight is 468 g/mol. The first-order valence-electron chi connectivity index (χ1n) is 8.02. The molecule has 0 aliphatic carbocycles. The zero-order chi connectivity index (χ0) is 21.9. The van der Waals surface area contributed by atoms with Gasteiger partial charge in [-0.15, -0.1) is 11.3 Å². The van der Waals surface area contributed by atoms with Crippen molar-refractivity contribution in [1.82, 2.24) is 9.88 Å². The number of carbonyl (C=O) groups excluding carboxylic acids is 4. The maximum atomic E-state index is 12.4. The van der Waals surface area contributed by atoms with Crippen LogP contribution in [0.2, 0.25) is 0 Å². The summed E-state index contributed by atoms with van der Waals surface area (Å²) in [5.41, 5.74) is 0.248. The van der Waals surface area contributed by atoms with Crippen LogP contribution in [0.15, 0.2) is 51.7 Å². The molecule has 30 heavy (non-hydrogen) atoms. The number of carbonyl (C=O) groups is 4. The molecule has 0 saturated carbocycles. The second-order valence-corrected chi connectivity index (χ2v) is 9.16. The Morgan fingerprint density at radius 2 is 1.87 bits per heavy atom. The van der Waals surface area contributed by atoms with Crippen molar-refractivity contribution in [2.24, 2.45) is 5.14 Å². The van der Waals surface area contributed by atoms with Crippen molar-refractivity contribution in [2.75, 3.05) is 17.2 Å². The summed E-state index contributed by atoms with van der Waals surface area (Å²) in [4.78, 5) is 52.8. The summed E-state index contributed by atoms with van der Waals surface area (Å²) in [7, 11) is -3.87. The van der Waals surface area contributed by atoms with Gasteiger partial charge in [0.25, 0.3) is 17.1 Å². The number of thiazole rings is 1. The van der Waals surface area contributed by atoms with Crippen molar-refractivity contribution >= 4 is 66.9 Å². The van der Waals surface area contributed by atoms with Gasteiger partial charge in [0, 0.05) is 23.3 Å². The van der Waals surface area contributed by atoms with Gasteiger partial charge >= 0.3 is 0 Å². The van der Waals surface area contributed by atoms with E-state index >= 15 is 0 Å². The maximum absolute atomic E-state index is 12.4. The lowest BCUT2D eigenvalue weighted by Gasteiger charge is -2.12. The van der Waals surface area contributed by atoms with E-state index in [1.165, 1.54) is 41.8 Å². The number of benzene rings is 1. The van der Waals surface area contributed by atoms with Crippen LogP contribution in [-0.4, -0.2) is 47.8 Å². The summed E-state index contributed by atoms with van der Waals surface area (Å²) in [6.45, 7) is -0.576. The van der Waals surface area contributed by atoms with Gasteiger partial charge in [0.1, 0.15) is 6.54 Å². The topological polar surface area (TPSA) is 169 Å². The van der Waals surface area contributed by atoms with Gasteiger partial charge in [-0.3, -0.25) is 29.4 Å². The number of primary sulfonamides is 1. The number of imide groups is 1. The van der Waals surface area contributed by atoms with Gasteiger partial charge < -0.3 is 5.32 Å². The lowest BCUT2D eigenvalue weighted by molar-refractivity contribution is -0.127. The molecule has 11 nitrogen and oxygen atoms in total. The zero-order valence-electron chi connectivity index (χ0n) is 14.9. The number of sulfonamides is 1. The Balaban J connectivity index is 1.61. The van der Waals surface area contributed by atoms with Gasteiger partial charge in [0.05, 0.1) is 9.80 Å². The maximum Gasteiger partial charge on any atom is 0.294 e. The zero-order valence-corrected chi connectivity index (χ0v) is 17.3. The van der Waals surface area contributed by atoms with E-state index in [-0.39, 0.29) is 15.5 Å². The monoisotopic (exact) mass is 467 g/mol. The molecule has 2 heterocycles. The van der Waals surface area contributed by atoms with E-state index < -0.39 is 39.5 Å². The molecule has 1 fully saturated rings. The van der Waals surface area contributed by atoms with Crippen LogP contribution in [0.3, 0.4) is 0 Å². The fourth-order valence-electron chi connectivity index (χ4n) is 2.25. The molecule has 4 amide bonds. The number of hydrogen-bond acceptors (Lipinski definition) is 9. The number of thioether (sulfide) groups is 1. The first-order chi connectivity index (χ1) is 14.1. The van der Waals surface area contributed by atoms with Crippen molar-refractivity contribution in [2.45, 2.75) is 4.90 Å². The second kappa shape index (κ2) is 8.74. The standard InChI is InChI=1S/C16H13N5O6S3/c17-30(26,27)10-3-1-9(2-4-10)19-13(23)8-21-14(24)11(29-16(21)25)7-12(22)20-15-18-5-6-28-15/h1-7H,8H2,(H,19,23)(H2,17,26,27)(H,18,20,22)/b11-7-. The third-order valence-corrected chi connectivity index (χ3v) is 6.09. The third kappa shape index (κ3) is 5.29. The van der Waals surface area contributed by atoms with Crippen LogP contribution >= 0.6 is 23.1 Å². The molecule has 156 valence electrons. The van der Waals surface area contributed by atoms with Gasteiger partial charge in [-0.2, -0.15) is 0 Å². The first-order valence-corrected chi connectivity index (χ1v) is 11.3. The van der Waals surface area contributed by atoms with E-state index in [2.05, 4.69) is 15.6 Å². The highest BCUT2D eigenvalue weighted by atomic mass is 32.2. The van der Waals surface area contributed by atoms with E-state index in [4.69, 9.17) is 5.14 Å². The third-order valence-electron chi connectivity index (χ3n) is 3.57. The molecule has 1 aromatic heterocycles. The predicted molar refractivity (Wildman–Crippen MR) is 110 cm³/mol. The fraction of sp³-hybridized carbons (Fsp3) is 0.0625. The molecule has 4 N–H and O–H groups in total. The van der Waals surface area contributed by atoms with Crippen molar-refractivity contribution in [3.63, 3.8) is 0 Å². The SMILES string of the molecule is NS(=O)(=O)c1ccc(NC(=O)CN2C(=O)S/C(=C\C(=O)Nc3nccs3)C2=O)cc1. The molecular weight excluding hydrogens is 454 g/mol. The summed E-state index contributed by atoms with van der Waals surface area (Å²) in [6.07, 6.45) is 2.46. The van der Waals surface area contributed by atoms with Crippen molar-refractivity contribution < 1.29 is 27.6 Å². The van der Waals surface area contributed by atoms with E-state index in [1.807, 2.05) is 0 Å². The Hall–Kier alpha value is -3.07. The van der Waals surface area contributed by atoms with Crippen molar-refractivity contribution in [1.29, 1.82) is 0 Å². The Morgan fingerprint density at radius 1 is 1.17 bits per heavy atom. The molecule has 1 aliphatic rings. The van der Waals surface area contributed by atoms with Gasteiger partial charge in [0.15, 0.2) is 5.13 Å². The summed E-state index contributed by atoms with van der Waals surface area (Å²) in [6, 6.07) is 5.03. The van der Waals surface area contributed by atoms with Gasteiger partial charge in [-0.25, -0.2) is 18.5 Å². The highest BCUT2D eigenvalue weighted by molar-refractivity contribution is 8.18. The minimum absolute atomic E-state index is 0.126. The van der Waals surface area contributed by atoms with E-state index in [1.54, 1.807) is 5.38 Å². The second-order valence-electron chi connectivity index (χ2n) is 5.71. The smallest absolute Gasteiger partial charge is 0.294 e. The summed E-state index contributed by atoms with van der Waals surface area (Å²) < 4.78 is 22.5. The lowest BCUT2D eigenvalue weighted by atomic mass is 10.3. The highest BCUT2D eigenvalue weighted by Gasteiger charge is 2.36. The number of hydrogen-bond donors (Lipinski definition) is 3. The quantitative estimate of drug-likeness (QED) is 0.527. The van der Waals surface area contributed by atoms with Crippen LogP contribution < -0.4 is 15.8 Å². The minimum atomic E-state index is -3.87. The lowest BCUT2D eigenvalue weighted by Crippen LogP contribution is -2.36. The number of nitrogens with two attached hydrogens (primary N) is 1. The van der Waals surface area contributed by atoms with Crippen LogP contribution in [0.4, 0.5) is 15.6 Å². The van der Waals surface area contributed by atoms with Crippen molar-refractivity contribution in [3.05, 3.63) is 46.8 Å². The van der Waals surface area contributed by atoms with Crippen LogP contribution in [0.5, 0.6) is 0 Å². The summed E-state index contributed by atoms with van der Waals surface area (Å²) >= 11 is 1.72. The fourth-order valence-corrected chi connectivity index (χ4v) is 4.11. The summed E-state index contributed by atoms with van der Waals surface area (Å²) in [5.74, 6) is -2.09. The van der Waals surface area contributed by atoms with Gasteiger partial charge in [-0.1, -0.05) is 0 Å². The number of rotatable bonds is 6. The molecule has 0 radical (unpaired) electrons. The Bertz CT molecular complexity index is 1140. The Labute approximate surface area is 178 Å². The molecule has 3 rings (SSSR count). The average Bonchev–Trinajstić information content (AvgIpc) is 3.25. The van der Waals surface area contributed by atoms with Gasteiger partial charge in [0.2, 0.25) is 15.9 Å². The highest BCUT2D eigenvalue weighted by Crippen LogP contribution is 2.30. The Kier molecular flexibility index (Phi) is 6.31. The number of nitrogens with one attached hydrogen (secondary N) is 2. The predicted octanol–water partition coefficient (Wildman–Crippen LogP) is 0.947. The number of nitrogens with zero attached hydrogens (tertiary/aromatic N) is 2. The normalized spacial score (nSPS) is 15.5. The molecule has 0 atom stereocenters. The van der Waals surface area contributed by atoms with Crippen LogP contribution in [0.1, 0.15) is 0 Å². The summed E-state index contributed by atoms with van der Waals surface area (Å²) in [5, 5.41) is 11.2. The molecule has 14 heteroatoms. The number of aromatic nitrogens is 1. The number of amides is 4. The number of anilines is 2. The molecule has 0 unspecified atom stereocenters. The molecule has 1 aromatic carbocycles. The van der Waals surface area contributed by atoms with E-state index in [0.29, 0.717) is 21.8 Å². The molecule has 0 bridgehead atoms. The molecular formula is C16H13N5O6S3. The minimum Gasteiger partial charge on any atom is -0.325 e. The van der Waals surface area contributed by atoms with Crippen LogP contribution in [0.25, 0.3) is 0 Å². The molecule has 1 aliphatic heterocycles. The van der Waals surface area contributed by atoms with Crippen LogP contribution in [0, 0.1) is 0 Å². The first kappa shape index (κ1) is 21.6. The van der Waals surface area contributed by atoms with Crippen molar-refractivity contribution in [3.8, 4) is 0 Å². The van der Waals surface area contributed by atoms with Crippen LogP contribution in [-0.2, 0) is 24.4 Å². The van der Waals surface area contributed by atoms with E-state index in [9.17, 15) is 27.6 Å². The molecule has 1 saturated heterocycles. The molecule has 0 spiro atoms. The van der Waals surface area contributed by atoms with Gasteiger partial charge in [-0.05, 0) is 36.0 Å². The Morgan fingerprint density at radius 3 is 2.47 bits per heavy atom. The largest absolute Gasteiger partial charge is 0.325 e. The van der Waals surface area contributed by atoms with E-state index in [0.717, 1.165) is 6.08 Å². The molecule has 2 aromatic rings.